The molecule has 0 aliphatic heterocycles. The van der Waals surface area contributed by atoms with Gasteiger partial charge in [-0.05, 0) is 50.2 Å². The van der Waals surface area contributed by atoms with E-state index in [4.69, 9.17) is 18.6 Å². The first-order valence-corrected chi connectivity index (χ1v) is 12.0. The van der Waals surface area contributed by atoms with E-state index in [-0.39, 0.29) is 29.1 Å². The molecular weight excluding hydrogens is 504 g/mol. The topological polar surface area (TPSA) is 131 Å². The van der Waals surface area contributed by atoms with Crippen molar-refractivity contribution in [2.45, 2.75) is 20.0 Å². The fourth-order valence-electron chi connectivity index (χ4n) is 4.16. The predicted octanol–water partition coefficient (Wildman–Crippen LogP) is 5.40. The normalized spacial score (nSPS) is 11.5. The Balaban J connectivity index is 1.70. The molecule has 2 aromatic heterocycles. The van der Waals surface area contributed by atoms with E-state index in [0.29, 0.717) is 38.9 Å². The largest absolute Gasteiger partial charge is 0.496 e. The van der Waals surface area contributed by atoms with Crippen molar-refractivity contribution in [3.8, 4) is 28.8 Å². The number of nitro benzene ring substituents is 1. The predicted molar refractivity (Wildman–Crippen MR) is 146 cm³/mol. The minimum absolute atomic E-state index is 0.0103. The average molecular weight is 529 g/mol. The van der Waals surface area contributed by atoms with Gasteiger partial charge in [0.25, 0.3) is 5.56 Å². The van der Waals surface area contributed by atoms with Gasteiger partial charge >= 0.3 is 5.69 Å². The third kappa shape index (κ3) is 4.77. The third-order valence-corrected chi connectivity index (χ3v) is 5.87. The van der Waals surface area contributed by atoms with Crippen molar-refractivity contribution in [3.63, 3.8) is 0 Å². The van der Waals surface area contributed by atoms with E-state index in [9.17, 15) is 14.9 Å². The fourth-order valence-corrected chi connectivity index (χ4v) is 4.16. The molecule has 0 aliphatic rings. The van der Waals surface area contributed by atoms with Gasteiger partial charge < -0.3 is 18.6 Å². The maximum Gasteiger partial charge on any atom is 0.315 e. The number of ether oxygens (including phenoxy) is 3. The van der Waals surface area contributed by atoms with Crippen LogP contribution in [0.2, 0.25) is 0 Å². The number of hydrogen-bond acceptors (Lipinski definition) is 9. The van der Waals surface area contributed by atoms with Gasteiger partial charge in [-0.25, -0.2) is 4.98 Å². The first-order valence-electron chi connectivity index (χ1n) is 12.0. The molecule has 198 valence electrons. The van der Waals surface area contributed by atoms with Crippen LogP contribution in [-0.4, -0.2) is 41.1 Å². The quantitative estimate of drug-likeness (QED) is 0.149. The first-order chi connectivity index (χ1) is 18.8. The Kier molecular flexibility index (Phi) is 6.72. The van der Waals surface area contributed by atoms with Crippen LogP contribution in [0.25, 0.3) is 33.5 Å². The highest BCUT2D eigenvalue weighted by molar-refractivity contribution is 5.89. The Morgan fingerprint density at radius 1 is 1.03 bits per heavy atom. The van der Waals surface area contributed by atoms with Crippen LogP contribution < -0.4 is 19.8 Å². The summed E-state index contributed by atoms with van der Waals surface area (Å²) in [6, 6.07) is 16.8. The Morgan fingerprint density at radius 2 is 1.79 bits per heavy atom. The molecular formula is C28H24N4O7. The molecule has 0 radical (unpaired) electrons. The number of methoxy groups -OCH3 is 2. The number of rotatable bonds is 8. The zero-order chi connectivity index (χ0) is 27.7. The molecule has 0 N–H and O–H groups in total. The van der Waals surface area contributed by atoms with Crippen molar-refractivity contribution in [3.05, 3.63) is 86.7 Å². The molecule has 0 fully saturated rings. The zero-order valence-corrected chi connectivity index (χ0v) is 21.6. The molecule has 5 aromatic rings. The molecule has 39 heavy (non-hydrogen) atoms. The summed E-state index contributed by atoms with van der Waals surface area (Å²) in [6.45, 7) is 3.51. The number of para-hydroxylation sites is 1. The van der Waals surface area contributed by atoms with E-state index in [2.05, 4.69) is 10.1 Å². The highest BCUT2D eigenvalue weighted by atomic mass is 16.6. The monoisotopic (exact) mass is 528 g/mol. The number of aromatic nitrogens is 2. The third-order valence-electron chi connectivity index (χ3n) is 5.87. The maximum atomic E-state index is 13.5. The number of hydrogen-bond donors (Lipinski definition) is 0. The second-order valence-electron chi connectivity index (χ2n) is 8.79. The smallest absolute Gasteiger partial charge is 0.315 e. The molecule has 3 aromatic carbocycles. The lowest BCUT2D eigenvalue weighted by molar-refractivity contribution is -0.386. The van der Waals surface area contributed by atoms with Gasteiger partial charge in [0.15, 0.2) is 11.5 Å². The summed E-state index contributed by atoms with van der Waals surface area (Å²) < 4.78 is 23.6. The molecule has 0 amide bonds. The van der Waals surface area contributed by atoms with Gasteiger partial charge in [0.1, 0.15) is 11.3 Å². The lowest BCUT2D eigenvalue weighted by Crippen LogP contribution is -2.20. The fraction of sp³-hybridized carbons (Fsp3) is 0.179. The number of nitro groups is 1. The van der Waals surface area contributed by atoms with Gasteiger partial charge in [0.05, 0.1) is 47.8 Å². The van der Waals surface area contributed by atoms with Crippen LogP contribution in [0.4, 0.5) is 5.69 Å². The lowest BCUT2D eigenvalue weighted by atomic mass is 10.2. The standard InChI is InChI=1S/C28H24N4O7/c1-16(2)38-26-21(32(34)35)12-17(13-24(26)37-4)15-29-31-27(30-20-9-6-5-8-18(20)28(31)33)25-14-19-22(36-3)10-7-11-23(19)39-25/h5-16H,1-4H3. The van der Waals surface area contributed by atoms with Crippen molar-refractivity contribution in [1.82, 2.24) is 9.66 Å². The van der Waals surface area contributed by atoms with E-state index in [1.54, 1.807) is 75.6 Å². The molecule has 5 rings (SSSR count). The van der Waals surface area contributed by atoms with Gasteiger partial charge in [0, 0.05) is 11.6 Å². The van der Waals surface area contributed by atoms with Crippen LogP contribution >= 0.6 is 0 Å². The van der Waals surface area contributed by atoms with Crippen molar-refractivity contribution < 1.29 is 23.6 Å². The molecule has 0 saturated heterocycles. The van der Waals surface area contributed by atoms with Gasteiger partial charge in [-0.2, -0.15) is 9.78 Å². The summed E-state index contributed by atoms with van der Waals surface area (Å²) in [7, 11) is 2.94. The highest BCUT2D eigenvalue weighted by Gasteiger charge is 2.23. The maximum absolute atomic E-state index is 13.5. The minimum Gasteiger partial charge on any atom is -0.496 e. The molecule has 0 saturated carbocycles. The van der Waals surface area contributed by atoms with Gasteiger partial charge in [-0.15, -0.1) is 0 Å². The van der Waals surface area contributed by atoms with E-state index in [0.717, 1.165) is 4.68 Å². The van der Waals surface area contributed by atoms with Gasteiger partial charge in [-0.1, -0.05) is 18.2 Å². The Labute approximate surface area is 222 Å². The number of nitrogens with zero attached hydrogens (tertiary/aromatic N) is 4. The van der Waals surface area contributed by atoms with Gasteiger partial charge in [-0.3, -0.25) is 14.9 Å². The van der Waals surface area contributed by atoms with Gasteiger partial charge in [0.2, 0.25) is 11.6 Å². The van der Waals surface area contributed by atoms with Crippen LogP contribution in [-0.2, 0) is 0 Å². The Morgan fingerprint density at radius 3 is 2.51 bits per heavy atom. The van der Waals surface area contributed by atoms with Crippen LogP contribution in [0.15, 0.2) is 75.0 Å². The summed E-state index contributed by atoms with van der Waals surface area (Å²) in [6.07, 6.45) is 1.00. The molecule has 0 spiro atoms. The van der Waals surface area contributed by atoms with Crippen molar-refractivity contribution in [2.24, 2.45) is 5.10 Å². The van der Waals surface area contributed by atoms with E-state index < -0.39 is 10.5 Å². The number of benzene rings is 3. The summed E-state index contributed by atoms with van der Waals surface area (Å²) >= 11 is 0. The summed E-state index contributed by atoms with van der Waals surface area (Å²) in [5.74, 6) is 1.21. The van der Waals surface area contributed by atoms with Crippen LogP contribution in [0.1, 0.15) is 19.4 Å². The van der Waals surface area contributed by atoms with Crippen molar-refractivity contribution in [1.29, 1.82) is 0 Å². The average Bonchev–Trinajstić information content (AvgIpc) is 3.37. The van der Waals surface area contributed by atoms with Crippen LogP contribution in [0, 0.1) is 10.1 Å². The summed E-state index contributed by atoms with van der Waals surface area (Å²) in [4.78, 5) is 29.5. The molecule has 0 bridgehead atoms. The molecule has 0 atom stereocenters. The molecule has 0 unspecified atom stereocenters. The Bertz CT molecular complexity index is 1800. The SMILES string of the molecule is COc1cc(C=Nn2c(-c3cc4c(OC)cccc4o3)nc3ccccc3c2=O)cc([N+](=O)[O-])c1OC(C)C. The van der Waals surface area contributed by atoms with Crippen LogP contribution in [0.5, 0.6) is 17.2 Å². The number of fused-ring (bicyclic) bond motifs is 2. The lowest BCUT2D eigenvalue weighted by Gasteiger charge is -2.14. The summed E-state index contributed by atoms with van der Waals surface area (Å²) in [5, 5.41) is 17.2. The minimum atomic E-state index is -0.561. The Hall–Kier alpha value is -5.19. The highest BCUT2D eigenvalue weighted by Crippen LogP contribution is 2.39. The number of furan rings is 1. The van der Waals surface area contributed by atoms with E-state index in [1.165, 1.54) is 19.4 Å². The molecule has 0 aliphatic carbocycles. The first kappa shape index (κ1) is 25.5. The van der Waals surface area contributed by atoms with Crippen molar-refractivity contribution in [2.75, 3.05) is 14.2 Å². The van der Waals surface area contributed by atoms with E-state index >= 15 is 0 Å². The second-order valence-corrected chi connectivity index (χ2v) is 8.79. The second kappa shape index (κ2) is 10.3. The summed E-state index contributed by atoms with van der Waals surface area (Å²) in [5.41, 5.74) is 0.581. The molecule has 2 heterocycles. The zero-order valence-electron chi connectivity index (χ0n) is 21.6. The van der Waals surface area contributed by atoms with E-state index in [1.807, 2.05) is 0 Å². The van der Waals surface area contributed by atoms with Crippen LogP contribution in [0.3, 0.4) is 0 Å². The molecule has 11 heteroatoms. The van der Waals surface area contributed by atoms with Crippen molar-refractivity contribution >= 4 is 33.8 Å². The molecule has 11 nitrogen and oxygen atoms in total.